The molecule has 1 aliphatic rings. The molecule has 1 saturated heterocycles. The van der Waals surface area contributed by atoms with Crippen molar-refractivity contribution in [3.05, 3.63) is 48.3 Å². The summed E-state index contributed by atoms with van der Waals surface area (Å²) in [5.74, 6) is 0. The number of benzene rings is 1. The topological polar surface area (TPSA) is 72.4 Å². The lowest BCUT2D eigenvalue weighted by molar-refractivity contribution is -0.141. The third kappa shape index (κ3) is 4.13. The van der Waals surface area contributed by atoms with E-state index in [1.165, 1.54) is 16.4 Å². The molecule has 26 heavy (non-hydrogen) atoms. The molecule has 0 amide bonds. The van der Waals surface area contributed by atoms with Crippen molar-refractivity contribution in [1.29, 1.82) is 0 Å². The van der Waals surface area contributed by atoms with Gasteiger partial charge >= 0.3 is 12.2 Å². The van der Waals surface area contributed by atoms with Crippen LogP contribution < -0.4 is 4.74 Å². The SMILES string of the molecule is O=S(=O)(c1ccccc1)N1CCCC(Oc2nccc(C(F)(F)F)n2)C1. The largest absolute Gasteiger partial charge is 0.459 e. The predicted octanol–water partition coefficient (Wildman–Crippen LogP) is 2.73. The van der Waals surface area contributed by atoms with Gasteiger partial charge < -0.3 is 4.74 Å². The Kier molecular flexibility index (Phi) is 5.15. The monoisotopic (exact) mass is 387 g/mol. The summed E-state index contributed by atoms with van der Waals surface area (Å²) < 4.78 is 70.2. The van der Waals surface area contributed by atoms with Crippen LogP contribution in [0.1, 0.15) is 18.5 Å². The van der Waals surface area contributed by atoms with Crippen molar-refractivity contribution in [1.82, 2.24) is 14.3 Å². The minimum Gasteiger partial charge on any atom is -0.459 e. The van der Waals surface area contributed by atoms with Gasteiger partial charge in [0.2, 0.25) is 10.0 Å². The van der Waals surface area contributed by atoms with Crippen LogP contribution in [-0.2, 0) is 16.2 Å². The first-order chi connectivity index (χ1) is 12.3. The van der Waals surface area contributed by atoms with Gasteiger partial charge in [-0.15, -0.1) is 0 Å². The van der Waals surface area contributed by atoms with E-state index in [0.717, 1.165) is 12.3 Å². The van der Waals surface area contributed by atoms with E-state index >= 15 is 0 Å². The molecule has 1 aliphatic heterocycles. The number of sulfonamides is 1. The van der Waals surface area contributed by atoms with Gasteiger partial charge in [-0.2, -0.15) is 22.5 Å². The molecule has 1 fully saturated rings. The number of piperidine rings is 1. The van der Waals surface area contributed by atoms with Gasteiger partial charge in [0.15, 0.2) is 5.69 Å². The molecule has 0 radical (unpaired) electrons. The second kappa shape index (κ2) is 7.20. The highest BCUT2D eigenvalue weighted by atomic mass is 32.2. The first-order valence-electron chi connectivity index (χ1n) is 7.89. The number of hydrogen-bond donors (Lipinski definition) is 0. The van der Waals surface area contributed by atoms with Gasteiger partial charge in [-0.1, -0.05) is 18.2 Å². The molecule has 1 aromatic heterocycles. The van der Waals surface area contributed by atoms with Crippen LogP contribution in [0, 0.1) is 0 Å². The number of hydrogen-bond acceptors (Lipinski definition) is 5. The van der Waals surface area contributed by atoms with Gasteiger partial charge in [0.1, 0.15) is 6.10 Å². The Bertz CT molecular complexity index is 860. The fourth-order valence-corrected chi connectivity index (χ4v) is 4.20. The minimum atomic E-state index is -4.60. The fraction of sp³-hybridized carbons (Fsp3) is 0.375. The summed E-state index contributed by atoms with van der Waals surface area (Å²) in [6.07, 6.45) is -3.23. The van der Waals surface area contributed by atoms with Gasteiger partial charge in [0.05, 0.1) is 11.4 Å². The molecule has 0 N–H and O–H groups in total. The Morgan fingerprint density at radius 3 is 2.58 bits per heavy atom. The summed E-state index contributed by atoms with van der Waals surface area (Å²) in [5.41, 5.74) is -1.10. The second-order valence-corrected chi connectivity index (χ2v) is 7.72. The van der Waals surface area contributed by atoms with E-state index < -0.39 is 34.0 Å². The number of aromatic nitrogens is 2. The predicted molar refractivity (Wildman–Crippen MR) is 85.9 cm³/mol. The lowest BCUT2D eigenvalue weighted by Crippen LogP contribution is -2.44. The van der Waals surface area contributed by atoms with Gasteiger partial charge in [-0.25, -0.2) is 13.4 Å². The smallest absolute Gasteiger partial charge is 0.433 e. The second-order valence-electron chi connectivity index (χ2n) is 5.78. The molecule has 1 aromatic carbocycles. The minimum absolute atomic E-state index is 0.0246. The maximum absolute atomic E-state index is 12.7. The first kappa shape index (κ1) is 18.6. The molecule has 10 heteroatoms. The van der Waals surface area contributed by atoms with E-state index in [4.69, 9.17) is 4.74 Å². The van der Waals surface area contributed by atoms with E-state index in [9.17, 15) is 21.6 Å². The van der Waals surface area contributed by atoms with E-state index in [0.29, 0.717) is 19.4 Å². The Labute approximate surface area is 148 Å². The van der Waals surface area contributed by atoms with Crippen molar-refractivity contribution in [2.45, 2.75) is 30.0 Å². The van der Waals surface area contributed by atoms with Crippen molar-refractivity contribution >= 4 is 10.0 Å². The Balaban J connectivity index is 1.74. The highest BCUT2D eigenvalue weighted by molar-refractivity contribution is 7.89. The van der Waals surface area contributed by atoms with Crippen LogP contribution in [-0.4, -0.2) is 41.9 Å². The van der Waals surface area contributed by atoms with E-state index in [2.05, 4.69) is 9.97 Å². The Morgan fingerprint density at radius 2 is 1.88 bits per heavy atom. The zero-order chi connectivity index (χ0) is 18.8. The van der Waals surface area contributed by atoms with Crippen LogP contribution in [0.15, 0.2) is 47.5 Å². The number of rotatable bonds is 4. The molecule has 3 rings (SSSR count). The number of ether oxygens (including phenoxy) is 1. The molecule has 0 spiro atoms. The number of alkyl halides is 3. The highest BCUT2D eigenvalue weighted by Gasteiger charge is 2.34. The van der Waals surface area contributed by atoms with Crippen LogP contribution in [0.25, 0.3) is 0 Å². The van der Waals surface area contributed by atoms with Gasteiger partial charge in [0, 0.05) is 12.7 Å². The summed E-state index contributed by atoms with van der Waals surface area (Å²) in [7, 11) is -3.69. The maximum atomic E-state index is 12.7. The van der Waals surface area contributed by atoms with Crippen LogP contribution in [0.4, 0.5) is 13.2 Å². The summed E-state index contributed by atoms with van der Waals surface area (Å²) in [4.78, 5) is 7.21. The van der Waals surface area contributed by atoms with Crippen LogP contribution >= 0.6 is 0 Å². The van der Waals surface area contributed by atoms with Crippen LogP contribution in [0.3, 0.4) is 0 Å². The first-order valence-corrected chi connectivity index (χ1v) is 9.33. The molecule has 1 unspecified atom stereocenters. The summed E-state index contributed by atoms with van der Waals surface area (Å²) >= 11 is 0. The van der Waals surface area contributed by atoms with Crippen LogP contribution in [0.5, 0.6) is 6.01 Å². The Morgan fingerprint density at radius 1 is 1.15 bits per heavy atom. The molecule has 0 bridgehead atoms. The lowest BCUT2D eigenvalue weighted by Gasteiger charge is -2.31. The normalized spacial score (nSPS) is 19.3. The average molecular weight is 387 g/mol. The standard InChI is InChI=1S/C16H16F3N3O3S/c17-16(18,19)14-8-9-20-15(21-14)25-12-5-4-10-22(11-12)26(23,24)13-6-2-1-3-7-13/h1-3,6-9,12H,4-5,10-11H2. The molecular weight excluding hydrogens is 371 g/mol. The quantitative estimate of drug-likeness (QED) is 0.807. The van der Waals surface area contributed by atoms with Gasteiger partial charge in [0.25, 0.3) is 0 Å². The maximum Gasteiger partial charge on any atom is 0.433 e. The average Bonchev–Trinajstić information content (AvgIpc) is 2.62. The third-order valence-corrected chi connectivity index (χ3v) is 5.80. The van der Waals surface area contributed by atoms with E-state index in [1.807, 2.05) is 0 Å². The molecule has 140 valence electrons. The van der Waals surface area contributed by atoms with Crippen molar-refractivity contribution < 1.29 is 26.3 Å². The summed E-state index contributed by atoms with van der Waals surface area (Å²) in [5, 5.41) is 0. The molecule has 0 aliphatic carbocycles. The molecular formula is C16H16F3N3O3S. The summed E-state index contributed by atoms with van der Waals surface area (Å²) in [6, 6.07) is 8.30. The number of halogens is 3. The Hall–Kier alpha value is -2.20. The van der Waals surface area contributed by atoms with Gasteiger partial charge in [-0.3, -0.25) is 0 Å². The summed E-state index contributed by atoms with van der Waals surface area (Å²) in [6.45, 7) is 0.345. The molecule has 0 saturated carbocycles. The molecule has 1 atom stereocenters. The highest BCUT2D eigenvalue weighted by Crippen LogP contribution is 2.28. The van der Waals surface area contributed by atoms with Crippen molar-refractivity contribution in [3.8, 4) is 6.01 Å². The molecule has 2 heterocycles. The zero-order valence-electron chi connectivity index (χ0n) is 13.6. The third-order valence-electron chi connectivity index (χ3n) is 3.92. The lowest BCUT2D eigenvalue weighted by atomic mass is 10.1. The van der Waals surface area contributed by atoms with E-state index in [1.54, 1.807) is 18.2 Å². The zero-order valence-corrected chi connectivity index (χ0v) is 14.4. The molecule has 2 aromatic rings. The van der Waals surface area contributed by atoms with Crippen LogP contribution in [0.2, 0.25) is 0 Å². The van der Waals surface area contributed by atoms with Crippen molar-refractivity contribution in [2.24, 2.45) is 0 Å². The van der Waals surface area contributed by atoms with Crippen molar-refractivity contribution in [2.75, 3.05) is 13.1 Å². The van der Waals surface area contributed by atoms with E-state index in [-0.39, 0.29) is 11.4 Å². The fourth-order valence-electron chi connectivity index (χ4n) is 2.67. The molecule has 6 nitrogen and oxygen atoms in total. The van der Waals surface area contributed by atoms with Gasteiger partial charge in [-0.05, 0) is 31.0 Å². The van der Waals surface area contributed by atoms with Crippen molar-refractivity contribution in [3.63, 3.8) is 0 Å². The number of nitrogens with zero attached hydrogens (tertiary/aromatic N) is 3.